The molecule has 0 radical (unpaired) electrons. The van der Waals surface area contributed by atoms with Gasteiger partial charge in [-0.3, -0.25) is 14.7 Å². The van der Waals surface area contributed by atoms with E-state index in [2.05, 4.69) is 15.5 Å². The Hall–Kier alpha value is -1.85. The molecule has 2 fully saturated rings. The molecule has 0 unspecified atom stereocenters. The van der Waals surface area contributed by atoms with Crippen LogP contribution in [-0.2, 0) is 33.7 Å². The molecular weight excluding hydrogens is 306 g/mol. The molecule has 1 aliphatic heterocycles. The quantitative estimate of drug-likeness (QED) is 0.657. The first-order chi connectivity index (χ1) is 11.7. The van der Waals surface area contributed by atoms with Gasteiger partial charge in [0.2, 0.25) is 5.91 Å². The molecule has 2 heterocycles. The monoisotopic (exact) mass is 331 g/mol. The number of hydrogen-bond acceptors (Lipinski definition) is 4. The van der Waals surface area contributed by atoms with Crippen LogP contribution >= 0.6 is 0 Å². The second kappa shape index (κ2) is 6.22. The van der Waals surface area contributed by atoms with E-state index in [0.29, 0.717) is 6.54 Å². The van der Waals surface area contributed by atoms with Crippen LogP contribution in [0.4, 0.5) is 0 Å². The number of H-pyrrole nitrogens is 1. The molecule has 24 heavy (non-hydrogen) atoms. The Labute approximate surface area is 141 Å². The SMILES string of the molecule is O=C1C[C@@H](C(=O)NCc2n[nH]c3c2CCCCC3)C2(CCCC2)O1. The number of hydrogen-bond donors (Lipinski definition) is 2. The van der Waals surface area contributed by atoms with Crippen LogP contribution in [0.3, 0.4) is 0 Å². The van der Waals surface area contributed by atoms with E-state index >= 15 is 0 Å². The number of carbonyl (C=O) groups is 2. The van der Waals surface area contributed by atoms with Gasteiger partial charge in [-0.25, -0.2) is 0 Å². The molecule has 1 saturated heterocycles. The Morgan fingerprint density at radius 3 is 2.83 bits per heavy atom. The van der Waals surface area contributed by atoms with Crippen LogP contribution in [0.2, 0.25) is 0 Å². The molecule has 1 aromatic heterocycles. The molecule has 1 saturated carbocycles. The summed E-state index contributed by atoms with van der Waals surface area (Å²) in [5, 5.41) is 10.6. The van der Waals surface area contributed by atoms with Gasteiger partial charge in [0.25, 0.3) is 0 Å². The van der Waals surface area contributed by atoms with Crippen LogP contribution < -0.4 is 5.32 Å². The highest BCUT2D eigenvalue weighted by Crippen LogP contribution is 2.45. The molecular formula is C18H25N3O3. The summed E-state index contributed by atoms with van der Waals surface area (Å²) in [6.07, 6.45) is 9.61. The average Bonchev–Trinajstić information content (AvgIpc) is 3.22. The molecule has 4 rings (SSSR count). The van der Waals surface area contributed by atoms with Crippen LogP contribution in [0.15, 0.2) is 0 Å². The van der Waals surface area contributed by atoms with Gasteiger partial charge in [0.1, 0.15) is 5.60 Å². The molecule has 6 heteroatoms. The van der Waals surface area contributed by atoms with Crippen molar-refractivity contribution in [3.05, 3.63) is 17.0 Å². The second-order valence-corrected chi connectivity index (χ2v) is 7.41. The normalized spacial score (nSPS) is 25.3. The number of nitrogens with one attached hydrogen (secondary N) is 2. The third-order valence-corrected chi connectivity index (χ3v) is 5.91. The van der Waals surface area contributed by atoms with Crippen LogP contribution in [-0.4, -0.2) is 27.7 Å². The van der Waals surface area contributed by atoms with Crippen LogP contribution in [0.5, 0.6) is 0 Å². The van der Waals surface area contributed by atoms with Crippen molar-refractivity contribution >= 4 is 11.9 Å². The van der Waals surface area contributed by atoms with Gasteiger partial charge in [0.15, 0.2) is 0 Å². The van der Waals surface area contributed by atoms with Crippen LogP contribution in [0.1, 0.15) is 68.3 Å². The third-order valence-electron chi connectivity index (χ3n) is 5.91. The number of aromatic nitrogens is 2. The smallest absolute Gasteiger partial charge is 0.307 e. The molecule has 1 atom stereocenters. The summed E-state index contributed by atoms with van der Waals surface area (Å²) in [5.74, 6) is -0.635. The molecule has 1 aromatic rings. The number of esters is 1. The molecule has 1 amide bonds. The maximum Gasteiger partial charge on any atom is 0.307 e. The summed E-state index contributed by atoms with van der Waals surface area (Å²) < 4.78 is 5.57. The zero-order valence-corrected chi connectivity index (χ0v) is 14.0. The lowest BCUT2D eigenvalue weighted by Gasteiger charge is -2.27. The molecule has 3 aliphatic rings. The van der Waals surface area contributed by atoms with E-state index in [1.165, 1.54) is 30.5 Å². The first kappa shape index (κ1) is 15.7. The number of fused-ring (bicyclic) bond motifs is 1. The number of rotatable bonds is 3. The van der Waals surface area contributed by atoms with Gasteiger partial charge >= 0.3 is 5.97 Å². The minimum absolute atomic E-state index is 0.0619. The number of aryl methyl sites for hydroxylation is 1. The van der Waals surface area contributed by atoms with Crippen molar-refractivity contribution in [2.24, 2.45) is 5.92 Å². The van der Waals surface area contributed by atoms with E-state index in [4.69, 9.17) is 4.74 Å². The second-order valence-electron chi connectivity index (χ2n) is 7.41. The molecule has 2 N–H and O–H groups in total. The lowest BCUT2D eigenvalue weighted by atomic mass is 9.85. The van der Waals surface area contributed by atoms with Crippen molar-refractivity contribution in [2.45, 2.75) is 76.4 Å². The highest BCUT2D eigenvalue weighted by atomic mass is 16.6. The number of ether oxygens (including phenoxy) is 1. The molecule has 2 aliphatic carbocycles. The van der Waals surface area contributed by atoms with Crippen LogP contribution in [0, 0.1) is 5.92 Å². The predicted molar refractivity (Wildman–Crippen MR) is 87.1 cm³/mol. The predicted octanol–water partition coefficient (Wildman–Crippen LogP) is 2.17. The van der Waals surface area contributed by atoms with E-state index in [9.17, 15) is 9.59 Å². The fraction of sp³-hybridized carbons (Fsp3) is 0.722. The number of carbonyl (C=O) groups excluding carboxylic acids is 2. The summed E-state index contributed by atoms with van der Waals surface area (Å²) in [4.78, 5) is 24.5. The Morgan fingerprint density at radius 1 is 1.21 bits per heavy atom. The Balaban J connectivity index is 1.43. The first-order valence-electron chi connectivity index (χ1n) is 9.22. The molecule has 0 aromatic carbocycles. The van der Waals surface area contributed by atoms with E-state index in [-0.39, 0.29) is 24.2 Å². The third kappa shape index (κ3) is 2.72. The summed E-state index contributed by atoms with van der Waals surface area (Å²) in [6, 6.07) is 0. The van der Waals surface area contributed by atoms with E-state index in [1.54, 1.807) is 0 Å². The van der Waals surface area contributed by atoms with E-state index in [1.807, 2.05) is 0 Å². The maximum atomic E-state index is 12.7. The standard InChI is InChI=1S/C18H25N3O3/c22-16-10-13(18(24-16)8-4-5-9-18)17(23)19-11-15-12-6-2-1-3-7-14(12)20-21-15/h13H,1-11H2,(H,19,23)(H,20,21)/t13-/m0/s1. The Bertz CT molecular complexity index is 646. The largest absolute Gasteiger partial charge is 0.458 e. The van der Waals surface area contributed by atoms with Crippen molar-refractivity contribution in [1.29, 1.82) is 0 Å². The van der Waals surface area contributed by atoms with Gasteiger partial charge in [0.05, 0.1) is 24.6 Å². The van der Waals surface area contributed by atoms with Gasteiger partial charge in [-0.2, -0.15) is 5.10 Å². The highest BCUT2D eigenvalue weighted by molar-refractivity contribution is 5.87. The summed E-state index contributed by atoms with van der Waals surface area (Å²) >= 11 is 0. The average molecular weight is 331 g/mol. The van der Waals surface area contributed by atoms with Gasteiger partial charge in [-0.15, -0.1) is 0 Å². The number of amides is 1. The zero-order chi connectivity index (χ0) is 16.6. The summed E-state index contributed by atoms with van der Waals surface area (Å²) in [5.41, 5.74) is 2.92. The molecule has 130 valence electrons. The van der Waals surface area contributed by atoms with Gasteiger partial charge in [-0.1, -0.05) is 6.42 Å². The first-order valence-corrected chi connectivity index (χ1v) is 9.22. The lowest BCUT2D eigenvalue weighted by molar-refractivity contribution is -0.149. The van der Waals surface area contributed by atoms with Crippen molar-refractivity contribution in [3.8, 4) is 0 Å². The van der Waals surface area contributed by atoms with Crippen molar-refractivity contribution in [3.63, 3.8) is 0 Å². The van der Waals surface area contributed by atoms with Crippen molar-refractivity contribution < 1.29 is 14.3 Å². The van der Waals surface area contributed by atoms with Crippen molar-refractivity contribution in [2.75, 3.05) is 0 Å². The molecule has 0 bridgehead atoms. The van der Waals surface area contributed by atoms with E-state index < -0.39 is 5.60 Å². The Kier molecular flexibility index (Phi) is 4.06. The Morgan fingerprint density at radius 2 is 2.00 bits per heavy atom. The fourth-order valence-electron chi connectivity index (χ4n) is 4.61. The summed E-state index contributed by atoms with van der Waals surface area (Å²) in [7, 11) is 0. The highest BCUT2D eigenvalue weighted by Gasteiger charge is 2.53. The van der Waals surface area contributed by atoms with Crippen LogP contribution in [0.25, 0.3) is 0 Å². The lowest BCUT2D eigenvalue weighted by Crippen LogP contribution is -2.42. The molecule has 1 spiro atoms. The number of nitrogens with zero attached hydrogens (tertiary/aromatic N) is 1. The van der Waals surface area contributed by atoms with Gasteiger partial charge < -0.3 is 10.1 Å². The zero-order valence-electron chi connectivity index (χ0n) is 14.0. The summed E-state index contributed by atoms with van der Waals surface area (Å²) in [6.45, 7) is 0.436. The topological polar surface area (TPSA) is 84.1 Å². The maximum absolute atomic E-state index is 12.7. The van der Waals surface area contributed by atoms with Crippen molar-refractivity contribution in [1.82, 2.24) is 15.5 Å². The van der Waals surface area contributed by atoms with E-state index in [0.717, 1.165) is 44.2 Å². The molecule has 6 nitrogen and oxygen atoms in total. The van der Waals surface area contributed by atoms with Gasteiger partial charge in [0, 0.05) is 5.69 Å². The fourth-order valence-corrected chi connectivity index (χ4v) is 4.61. The van der Waals surface area contributed by atoms with Gasteiger partial charge in [-0.05, 0) is 56.9 Å². The minimum Gasteiger partial charge on any atom is -0.458 e. The number of aromatic amines is 1. The minimum atomic E-state index is -0.538.